The van der Waals surface area contributed by atoms with Crippen LogP contribution >= 0.6 is 0 Å². The van der Waals surface area contributed by atoms with Gasteiger partial charge in [0, 0.05) is 18.8 Å². The van der Waals surface area contributed by atoms with E-state index in [-0.39, 0.29) is 10.8 Å². The smallest absolute Gasteiger partial charge is 0.245 e. The maximum atomic E-state index is 13.3. The number of rotatable bonds is 3. The van der Waals surface area contributed by atoms with Crippen LogP contribution in [0.4, 0.5) is 10.1 Å². The third kappa shape index (κ3) is 3.26. The molecular formula is C20H21FN2O3S. The highest BCUT2D eigenvalue weighted by Crippen LogP contribution is 2.32. The minimum absolute atomic E-state index is 0.0163. The molecule has 1 atom stereocenters. The summed E-state index contributed by atoms with van der Waals surface area (Å²) in [4.78, 5) is 15.0. The Hall–Kier alpha value is -2.25. The third-order valence-electron chi connectivity index (χ3n) is 5.29. The van der Waals surface area contributed by atoms with E-state index in [1.54, 1.807) is 4.90 Å². The molecule has 0 saturated carbocycles. The highest BCUT2D eigenvalue weighted by Gasteiger charge is 2.42. The molecule has 142 valence electrons. The first-order valence-electron chi connectivity index (χ1n) is 9.15. The predicted octanol–water partition coefficient (Wildman–Crippen LogP) is 2.96. The fraction of sp³-hybridized carbons (Fsp3) is 0.350. The van der Waals surface area contributed by atoms with E-state index in [4.69, 9.17) is 0 Å². The average Bonchev–Trinajstić information content (AvgIpc) is 3.18. The number of anilines is 1. The maximum Gasteiger partial charge on any atom is 0.245 e. The van der Waals surface area contributed by atoms with E-state index in [0.717, 1.165) is 36.2 Å². The lowest BCUT2D eigenvalue weighted by atomic mass is 10.0. The predicted molar refractivity (Wildman–Crippen MR) is 100 cm³/mol. The molecule has 0 spiro atoms. The molecule has 0 aliphatic carbocycles. The van der Waals surface area contributed by atoms with Crippen LogP contribution in [0.2, 0.25) is 0 Å². The van der Waals surface area contributed by atoms with Gasteiger partial charge in [-0.15, -0.1) is 0 Å². The van der Waals surface area contributed by atoms with Gasteiger partial charge in [-0.2, -0.15) is 4.31 Å². The molecule has 0 radical (unpaired) electrons. The average molecular weight is 388 g/mol. The molecule has 27 heavy (non-hydrogen) atoms. The van der Waals surface area contributed by atoms with Crippen molar-refractivity contribution in [1.29, 1.82) is 0 Å². The third-order valence-corrected chi connectivity index (χ3v) is 7.21. The van der Waals surface area contributed by atoms with Crippen LogP contribution in [0.1, 0.15) is 24.8 Å². The van der Waals surface area contributed by atoms with Crippen LogP contribution in [0.5, 0.6) is 0 Å². The lowest BCUT2D eigenvalue weighted by Crippen LogP contribution is -2.49. The van der Waals surface area contributed by atoms with Crippen molar-refractivity contribution >= 4 is 21.6 Å². The van der Waals surface area contributed by atoms with Crippen molar-refractivity contribution in [3.8, 4) is 0 Å². The Morgan fingerprint density at radius 2 is 1.74 bits per heavy atom. The molecule has 4 rings (SSSR count). The molecular weight excluding hydrogens is 367 g/mol. The molecule has 2 aromatic rings. The molecule has 7 heteroatoms. The van der Waals surface area contributed by atoms with Crippen LogP contribution in [0.25, 0.3) is 0 Å². The molecule has 2 aromatic carbocycles. The van der Waals surface area contributed by atoms with Crippen molar-refractivity contribution in [1.82, 2.24) is 4.31 Å². The van der Waals surface area contributed by atoms with Crippen molar-refractivity contribution in [2.75, 3.05) is 18.0 Å². The molecule has 2 aliphatic rings. The highest BCUT2D eigenvalue weighted by molar-refractivity contribution is 7.89. The lowest BCUT2D eigenvalue weighted by molar-refractivity contribution is -0.121. The molecule has 0 aromatic heterocycles. The molecule has 0 bridgehead atoms. The Balaban J connectivity index is 1.64. The van der Waals surface area contributed by atoms with E-state index >= 15 is 0 Å². The van der Waals surface area contributed by atoms with Crippen molar-refractivity contribution < 1.29 is 17.6 Å². The van der Waals surface area contributed by atoms with Crippen LogP contribution in [0, 0.1) is 5.82 Å². The summed E-state index contributed by atoms with van der Waals surface area (Å²) in [5, 5.41) is 0. The first kappa shape index (κ1) is 18.1. The van der Waals surface area contributed by atoms with Gasteiger partial charge in [0.15, 0.2) is 0 Å². The second kappa shape index (κ2) is 7.05. The number of halogens is 1. The molecule has 1 amide bonds. The van der Waals surface area contributed by atoms with Gasteiger partial charge >= 0.3 is 0 Å². The molecule has 0 N–H and O–H groups in total. The maximum absolute atomic E-state index is 13.3. The number of carbonyl (C=O) groups is 1. The summed E-state index contributed by atoms with van der Waals surface area (Å²) in [5.74, 6) is -0.668. The summed E-state index contributed by atoms with van der Waals surface area (Å²) in [5.41, 5.74) is 1.99. The fourth-order valence-electron chi connectivity index (χ4n) is 3.96. The van der Waals surface area contributed by atoms with Crippen molar-refractivity contribution in [2.45, 2.75) is 36.6 Å². The molecule has 5 nitrogen and oxygen atoms in total. The number of nitrogens with zero attached hydrogens (tertiary/aromatic N) is 2. The zero-order valence-electron chi connectivity index (χ0n) is 14.8. The molecule has 1 saturated heterocycles. The summed E-state index contributed by atoms with van der Waals surface area (Å²) in [6.45, 7) is 0.891. The van der Waals surface area contributed by atoms with Crippen molar-refractivity contribution in [3.63, 3.8) is 0 Å². The van der Waals surface area contributed by atoms with E-state index in [9.17, 15) is 17.6 Å². The normalized spacial score (nSPS) is 20.5. The first-order valence-corrected chi connectivity index (χ1v) is 10.6. The molecule has 2 heterocycles. The van der Waals surface area contributed by atoms with Crippen LogP contribution in [0.3, 0.4) is 0 Å². The second-order valence-corrected chi connectivity index (χ2v) is 8.84. The van der Waals surface area contributed by atoms with Gasteiger partial charge < -0.3 is 4.90 Å². The van der Waals surface area contributed by atoms with E-state index in [2.05, 4.69) is 0 Å². The number of hydrogen-bond acceptors (Lipinski definition) is 3. The number of aryl methyl sites for hydroxylation is 1. The number of fused-ring (bicyclic) bond motifs is 1. The topological polar surface area (TPSA) is 57.7 Å². The first-order chi connectivity index (χ1) is 13.0. The number of hydrogen-bond donors (Lipinski definition) is 0. The van der Waals surface area contributed by atoms with Gasteiger partial charge in [0.25, 0.3) is 0 Å². The zero-order chi connectivity index (χ0) is 19.0. The van der Waals surface area contributed by atoms with E-state index < -0.39 is 21.9 Å². The van der Waals surface area contributed by atoms with Crippen LogP contribution in [-0.4, -0.2) is 37.8 Å². The van der Waals surface area contributed by atoms with Gasteiger partial charge in [-0.05, 0) is 61.6 Å². The Labute approximate surface area is 158 Å². The van der Waals surface area contributed by atoms with E-state index in [1.807, 2.05) is 24.3 Å². The number of amides is 1. The fourth-order valence-corrected chi connectivity index (χ4v) is 5.61. The SMILES string of the molecule is O=C(C1CCCN1S(=O)(=O)c1ccc(F)cc1)N1CCCc2ccccc21. The number of para-hydroxylation sites is 1. The number of benzene rings is 2. The van der Waals surface area contributed by atoms with Crippen LogP contribution in [-0.2, 0) is 21.2 Å². The summed E-state index contributed by atoms with van der Waals surface area (Å²) < 4.78 is 40.5. The molecule has 2 aliphatic heterocycles. The van der Waals surface area contributed by atoms with Crippen LogP contribution < -0.4 is 4.90 Å². The Morgan fingerprint density at radius 1 is 1.00 bits per heavy atom. The van der Waals surface area contributed by atoms with Crippen molar-refractivity contribution in [2.24, 2.45) is 0 Å². The molecule has 1 fully saturated rings. The Kier molecular flexibility index (Phi) is 4.74. The summed E-state index contributed by atoms with van der Waals surface area (Å²) >= 11 is 0. The highest BCUT2D eigenvalue weighted by atomic mass is 32.2. The van der Waals surface area contributed by atoms with Gasteiger partial charge in [-0.3, -0.25) is 4.79 Å². The quantitative estimate of drug-likeness (QED) is 0.812. The Bertz CT molecular complexity index is 959. The van der Waals surface area contributed by atoms with Gasteiger partial charge in [-0.25, -0.2) is 12.8 Å². The Morgan fingerprint density at radius 3 is 2.52 bits per heavy atom. The number of carbonyl (C=O) groups excluding carboxylic acids is 1. The van der Waals surface area contributed by atoms with Crippen molar-refractivity contribution in [3.05, 3.63) is 59.9 Å². The zero-order valence-corrected chi connectivity index (χ0v) is 15.7. The largest absolute Gasteiger partial charge is 0.311 e. The standard InChI is InChI=1S/C20H21FN2O3S/c21-16-9-11-17(12-10-16)27(25,26)23-14-4-8-19(23)20(24)22-13-3-6-15-5-1-2-7-18(15)22/h1-2,5,7,9-12,19H,3-4,6,8,13-14H2. The summed E-state index contributed by atoms with van der Waals surface area (Å²) in [7, 11) is -3.85. The van der Waals surface area contributed by atoms with Gasteiger partial charge in [0.1, 0.15) is 11.9 Å². The monoisotopic (exact) mass is 388 g/mol. The molecule has 1 unspecified atom stereocenters. The minimum atomic E-state index is -3.85. The van der Waals surface area contributed by atoms with E-state index in [0.29, 0.717) is 25.9 Å². The van der Waals surface area contributed by atoms with Gasteiger partial charge in [0.2, 0.25) is 15.9 Å². The second-order valence-electron chi connectivity index (χ2n) is 6.95. The van der Waals surface area contributed by atoms with Crippen LogP contribution in [0.15, 0.2) is 53.4 Å². The summed E-state index contributed by atoms with van der Waals surface area (Å²) in [6.07, 6.45) is 2.91. The van der Waals surface area contributed by atoms with E-state index in [1.165, 1.54) is 16.4 Å². The van der Waals surface area contributed by atoms with Gasteiger partial charge in [-0.1, -0.05) is 18.2 Å². The summed E-state index contributed by atoms with van der Waals surface area (Å²) in [6, 6.07) is 11.8. The van der Waals surface area contributed by atoms with Gasteiger partial charge in [0.05, 0.1) is 4.90 Å². The lowest BCUT2D eigenvalue weighted by Gasteiger charge is -2.33. The number of sulfonamides is 1. The minimum Gasteiger partial charge on any atom is -0.311 e.